The van der Waals surface area contributed by atoms with Crippen molar-refractivity contribution in [2.24, 2.45) is 0 Å². The van der Waals surface area contributed by atoms with Crippen LogP contribution in [-0.2, 0) is 6.54 Å². The van der Waals surface area contributed by atoms with Gasteiger partial charge in [0.15, 0.2) is 0 Å². The zero-order valence-corrected chi connectivity index (χ0v) is 10.8. The van der Waals surface area contributed by atoms with Crippen molar-refractivity contribution in [2.45, 2.75) is 20.4 Å². The Labute approximate surface area is 110 Å². The van der Waals surface area contributed by atoms with Gasteiger partial charge in [0.2, 0.25) is 0 Å². The molecule has 0 spiro atoms. The number of hydrogen-bond donors (Lipinski definition) is 2. The largest absolute Gasteiger partial charge is 0.382 e. The second-order valence-electron chi connectivity index (χ2n) is 4.21. The van der Waals surface area contributed by atoms with Gasteiger partial charge in [0.25, 0.3) is 5.91 Å². The highest BCUT2D eigenvalue weighted by Gasteiger charge is 2.15. The van der Waals surface area contributed by atoms with E-state index in [2.05, 4.69) is 10.4 Å². The van der Waals surface area contributed by atoms with Gasteiger partial charge in [-0.05, 0) is 31.5 Å². The molecule has 2 rings (SSSR count). The molecular weight excluding hydrogens is 247 g/mol. The van der Waals surface area contributed by atoms with Gasteiger partial charge in [-0.25, -0.2) is 4.39 Å². The number of aryl methyl sites for hydroxylation is 2. The van der Waals surface area contributed by atoms with E-state index in [0.717, 1.165) is 5.56 Å². The molecule has 0 aliphatic rings. The van der Waals surface area contributed by atoms with E-state index in [0.29, 0.717) is 12.2 Å². The topological polar surface area (TPSA) is 72.9 Å². The minimum Gasteiger partial charge on any atom is -0.382 e. The number of carbonyl (C=O) groups excluding carboxylic acids is 1. The van der Waals surface area contributed by atoms with Crippen LogP contribution < -0.4 is 11.1 Å². The van der Waals surface area contributed by atoms with E-state index >= 15 is 0 Å². The van der Waals surface area contributed by atoms with Crippen molar-refractivity contribution >= 4 is 17.4 Å². The molecular formula is C13H15FN4O. The summed E-state index contributed by atoms with van der Waals surface area (Å²) in [4.78, 5) is 12.1. The summed E-state index contributed by atoms with van der Waals surface area (Å²) in [6.07, 6.45) is 0. The van der Waals surface area contributed by atoms with E-state index < -0.39 is 11.7 Å². The maximum absolute atomic E-state index is 13.7. The second kappa shape index (κ2) is 5.09. The highest BCUT2D eigenvalue weighted by Crippen LogP contribution is 2.17. The zero-order chi connectivity index (χ0) is 14.0. The third-order valence-electron chi connectivity index (χ3n) is 2.70. The number of nitrogen functional groups attached to an aromatic ring is 1. The van der Waals surface area contributed by atoms with E-state index in [-0.39, 0.29) is 11.5 Å². The van der Waals surface area contributed by atoms with Crippen LogP contribution in [0, 0.1) is 12.7 Å². The predicted octanol–water partition coefficient (Wildman–Crippen LogP) is 2.19. The fraction of sp³-hybridized carbons (Fsp3) is 0.231. The molecule has 3 N–H and O–H groups in total. The minimum absolute atomic E-state index is 0.137. The smallest absolute Gasteiger partial charge is 0.274 e. The lowest BCUT2D eigenvalue weighted by Crippen LogP contribution is -2.18. The van der Waals surface area contributed by atoms with Crippen LogP contribution in [0.4, 0.5) is 15.9 Å². The molecule has 0 atom stereocenters. The van der Waals surface area contributed by atoms with E-state index in [1.807, 2.05) is 6.92 Å². The SMILES string of the molecule is CCn1nc(N)cc1C(=O)Nc1ccc(C)cc1F. The first-order valence-corrected chi connectivity index (χ1v) is 5.92. The molecule has 0 aliphatic carbocycles. The molecule has 2 aromatic rings. The third-order valence-corrected chi connectivity index (χ3v) is 2.70. The molecule has 6 heteroatoms. The number of nitrogens with one attached hydrogen (secondary N) is 1. The second-order valence-corrected chi connectivity index (χ2v) is 4.21. The number of benzene rings is 1. The number of halogens is 1. The molecule has 0 saturated heterocycles. The average molecular weight is 262 g/mol. The lowest BCUT2D eigenvalue weighted by Gasteiger charge is -2.07. The summed E-state index contributed by atoms with van der Waals surface area (Å²) in [5, 5.41) is 6.48. The van der Waals surface area contributed by atoms with Gasteiger partial charge in [-0.2, -0.15) is 5.10 Å². The molecule has 0 saturated carbocycles. The lowest BCUT2D eigenvalue weighted by atomic mass is 10.2. The molecule has 1 aromatic carbocycles. The summed E-state index contributed by atoms with van der Waals surface area (Å²) < 4.78 is 15.1. The molecule has 0 radical (unpaired) electrons. The molecule has 0 aliphatic heterocycles. The summed E-state index contributed by atoms with van der Waals surface area (Å²) in [5.41, 5.74) is 6.78. The van der Waals surface area contributed by atoms with Crippen LogP contribution in [-0.4, -0.2) is 15.7 Å². The molecule has 0 bridgehead atoms. The molecule has 100 valence electrons. The number of rotatable bonds is 3. The summed E-state index contributed by atoms with van der Waals surface area (Å²) >= 11 is 0. The zero-order valence-electron chi connectivity index (χ0n) is 10.8. The standard InChI is InChI=1S/C13H15FN4O/c1-3-18-11(7-12(15)17-18)13(19)16-10-5-4-8(2)6-9(10)14/h4-7H,3H2,1-2H3,(H2,15,17)(H,16,19). The molecule has 1 aromatic heterocycles. The van der Waals surface area contributed by atoms with E-state index in [9.17, 15) is 9.18 Å². The quantitative estimate of drug-likeness (QED) is 0.890. The molecule has 0 unspecified atom stereocenters. The summed E-state index contributed by atoms with van der Waals surface area (Å²) in [6, 6.07) is 6.08. The van der Waals surface area contributed by atoms with Crippen LogP contribution in [0.3, 0.4) is 0 Å². The summed E-state index contributed by atoms with van der Waals surface area (Å²) in [6.45, 7) is 4.13. The number of hydrogen-bond acceptors (Lipinski definition) is 3. The Morgan fingerprint density at radius 3 is 2.84 bits per heavy atom. The Morgan fingerprint density at radius 1 is 1.47 bits per heavy atom. The Morgan fingerprint density at radius 2 is 2.21 bits per heavy atom. The predicted molar refractivity (Wildman–Crippen MR) is 71.4 cm³/mol. The van der Waals surface area contributed by atoms with Crippen LogP contribution >= 0.6 is 0 Å². The van der Waals surface area contributed by atoms with E-state index in [1.165, 1.54) is 22.9 Å². The van der Waals surface area contributed by atoms with E-state index in [4.69, 9.17) is 5.73 Å². The van der Waals surface area contributed by atoms with Gasteiger partial charge >= 0.3 is 0 Å². The van der Waals surface area contributed by atoms with Crippen molar-refractivity contribution in [2.75, 3.05) is 11.1 Å². The van der Waals surface area contributed by atoms with Crippen molar-refractivity contribution in [1.29, 1.82) is 0 Å². The fourth-order valence-corrected chi connectivity index (χ4v) is 1.77. The van der Waals surface area contributed by atoms with Crippen LogP contribution in [0.1, 0.15) is 23.0 Å². The first-order chi connectivity index (χ1) is 9.01. The molecule has 5 nitrogen and oxygen atoms in total. The highest BCUT2D eigenvalue weighted by atomic mass is 19.1. The van der Waals surface area contributed by atoms with Gasteiger partial charge in [-0.15, -0.1) is 0 Å². The van der Waals surface area contributed by atoms with E-state index in [1.54, 1.807) is 13.0 Å². The fourth-order valence-electron chi connectivity index (χ4n) is 1.77. The molecule has 0 fully saturated rings. The Bertz CT molecular complexity index is 621. The number of aromatic nitrogens is 2. The summed E-state index contributed by atoms with van der Waals surface area (Å²) in [5.74, 6) is -0.644. The van der Waals surface area contributed by atoms with Crippen molar-refractivity contribution in [3.63, 3.8) is 0 Å². The number of nitrogens with two attached hydrogens (primary N) is 1. The summed E-state index contributed by atoms with van der Waals surface area (Å²) in [7, 11) is 0. The first-order valence-electron chi connectivity index (χ1n) is 5.92. The lowest BCUT2D eigenvalue weighted by molar-refractivity contribution is 0.101. The Hall–Kier alpha value is -2.37. The monoisotopic (exact) mass is 262 g/mol. The number of anilines is 2. The Kier molecular flexibility index (Phi) is 3.50. The van der Waals surface area contributed by atoms with Gasteiger partial charge in [0, 0.05) is 12.6 Å². The van der Waals surface area contributed by atoms with Gasteiger partial charge in [-0.3, -0.25) is 9.48 Å². The van der Waals surface area contributed by atoms with Crippen LogP contribution in [0.2, 0.25) is 0 Å². The van der Waals surface area contributed by atoms with Gasteiger partial charge in [0.1, 0.15) is 17.3 Å². The van der Waals surface area contributed by atoms with Crippen LogP contribution in [0.5, 0.6) is 0 Å². The van der Waals surface area contributed by atoms with Gasteiger partial charge in [0.05, 0.1) is 5.69 Å². The average Bonchev–Trinajstić information content (AvgIpc) is 2.74. The van der Waals surface area contributed by atoms with Crippen LogP contribution in [0.25, 0.3) is 0 Å². The maximum atomic E-state index is 13.7. The maximum Gasteiger partial charge on any atom is 0.274 e. The normalized spacial score (nSPS) is 10.5. The molecule has 1 heterocycles. The van der Waals surface area contributed by atoms with Crippen molar-refractivity contribution < 1.29 is 9.18 Å². The number of carbonyl (C=O) groups is 1. The third kappa shape index (κ3) is 2.73. The first kappa shape index (κ1) is 13.1. The number of nitrogens with zero attached hydrogens (tertiary/aromatic N) is 2. The van der Waals surface area contributed by atoms with Gasteiger partial charge in [-0.1, -0.05) is 6.07 Å². The Balaban J connectivity index is 2.25. The number of amides is 1. The molecule has 1 amide bonds. The minimum atomic E-state index is -0.469. The van der Waals surface area contributed by atoms with Crippen molar-refractivity contribution in [3.8, 4) is 0 Å². The molecule has 19 heavy (non-hydrogen) atoms. The highest BCUT2D eigenvalue weighted by molar-refractivity contribution is 6.03. The van der Waals surface area contributed by atoms with Crippen molar-refractivity contribution in [3.05, 3.63) is 41.3 Å². The van der Waals surface area contributed by atoms with Gasteiger partial charge < -0.3 is 11.1 Å². The van der Waals surface area contributed by atoms with Crippen LogP contribution in [0.15, 0.2) is 24.3 Å². The van der Waals surface area contributed by atoms with Crippen molar-refractivity contribution in [1.82, 2.24) is 9.78 Å².